The van der Waals surface area contributed by atoms with Gasteiger partial charge in [0.1, 0.15) is 0 Å². The van der Waals surface area contributed by atoms with Crippen LogP contribution in [0.3, 0.4) is 0 Å². The molecule has 1 N–H and O–H groups in total. The number of nitrogens with zero attached hydrogens (tertiary/aromatic N) is 1. The highest BCUT2D eigenvalue weighted by molar-refractivity contribution is 7.59. The SMILES string of the molecule is CCO[P+](O)(Cc1cc(Cl)c(OC)c([N+](=O)[O-])c1F)OCC. The van der Waals surface area contributed by atoms with Crippen molar-refractivity contribution >= 4 is 25.2 Å². The maximum atomic E-state index is 14.4. The van der Waals surface area contributed by atoms with Gasteiger partial charge in [-0.2, -0.15) is 18.3 Å². The maximum Gasteiger partial charge on any atom is 0.413 e. The first-order valence-corrected chi connectivity index (χ1v) is 8.52. The van der Waals surface area contributed by atoms with Gasteiger partial charge in [-0.3, -0.25) is 10.1 Å². The van der Waals surface area contributed by atoms with Gasteiger partial charge in [-0.1, -0.05) is 11.6 Å². The molecular formula is C12H17ClFNO6P+. The minimum Gasteiger partial charge on any atom is -0.489 e. The topological polar surface area (TPSA) is 91.1 Å². The van der Waals surface area contributed by atoms with Crippen molar-refractivity contribution in [3.8, 4) is 5.75 Å². The monoisotopic (exact) mass is 356 g/mol. The molecule has 0 unspecified atom stereocenters. The molecule has 0 saturated heterocycles. The Bertz CT molecular complexity index is 553. The van der Waals surface area contributed by atoms with Gasteiger partial charge in [0.05, 0.1) is 30.3 Å². The van der Waals surface area contributed by atoms with E-state index in [0.717, 1.165) is 13.2 Å². The molecular weight excluding hydrogens is 340 g/mol. The molecule has 0 fully saturated rings. The van der Waals surface area contributed by atoms with Gasteiger partial charge in [-0.05, 0) is 19.9 Å². The van der Waals surface area contributed by atoms with Crippen molar-refractivity contribution in [1.29, 1.82) is 0 Å². The van der Waals surface area contributed by atoms with E-state index in [9.17, 15) is 19.4 Å². The lowest BCUT2D eigenvalue weighted by Gasteiger charge is -2.16. The number of nitro groups is 1. The molecule has 0 heterocycles. The van der Waals surface area contributed by atoms with Crippen LogP contribution in [-0.4, -0.2) is 30.1 Å². The molecule has 0 bridgehead atoms. The molecule has 124 valence electrons. The minimum absolute atomic E-state index is 0.134. The van der Waals surface area contributed by atoms with Gasteiger partial charge >= 0.3 is 13.6 Å². The zero-order chi connectivity index (χ0) is 16.9. The molecule has 7 nitrogen and oxygen atoms in total. The standard InChI is InChI=1S/C12H17ClFNO6P/c1-4-20-22(18,21-5-2)7-8-6-9(13)12(19-3)11(10(8)14)15(16)17/h6,18H,4-5,7H2,1-3H3/q+1. The first-order valence-electron chi connectivity index (χ1n) is 6.38. The van der Waals surface area contributed by atoms with Crippen LogP contribution in [0.1, 0.15) is 19.4 Å². The first kappa shape index (κ1) is 19.0. The molecule has 0 radical (unpaired) electrons. The highest BCUT2D eigenvalue weighted by Gasteiger charge is 2.43. The van der Waals surface area contributed by atoms with E-state index in [1.165, 1.54) is 0 Å². The Morgan fingerprint density at radius 3 is 2.36 bits per heavy atom. The predicted octanol–water partition coefficient (Wildman–Crippen LogP) is 3.72. The number of nitro benzene ring substituents is 1. The third-order valence-electron chi connectivity index (χ3n) is 2.64. The Hall–Kier alpha value is -1.05. The van der Waals surface area contributed by atoms with Crippen molar-refractivity contribution in [3.63, 3.8) is 0 Å². The Kier molecular flexibility index (Phi) is 6.90. The number of ether oxygens (including phenoxy) is 1. The van der Waals surface area contributed by atoms with E-state index in [0.29, 0.717) is 0 Å². The van der Waals surface area contributed by atoms with Gasteiger partial charge in [0, 0.05) is 5.56 Å². The number of hydrogen-bond acceptors (Lipinski definition) is 6. The Morgan fingerprint density at radius 2 is 1.95 bits per heavy atom. The number of halogens is 2. The van der Waals surface area contributed by atoms with Crippen molar-refractivity contribution in [1.82, 2.24) is 0 Å². The van der Waals surface area contributed by atoms with E-state index in [2.05, 4.69) is 0 Å². The van der Waals surface area contributed by atoms with Crippen LogP contribution in [0.5, 0.6) is 5.75 Å². The molecule has 1 aromatic rings. The average Bonchev–Trinajstić information content (AvgIpc) is 2.42. The van der Waals surface area contributed by atoms with Crippen molar-refractivity contribution < 1.29 is 28.0 Å². The van der Waals surface area contributed by atoms with Crippen LogP contribution >= 0.6 is 19.5 Å². The number of hydrogen-bond donors (Lipinski definition) is 1. The summed E-state index contributed by atoms with van der Waals surface area (Å²) in [5.74, 6) is -1.51. The second-order valence-corrected chi connectivity index (χ2v) is 6.62. The smallest absolute Gasteiger partial charge is 0.413 e. The molecule has 10 heteroatoms. The third kappa shape index (κ3) is 4.24. The minimum atomic E-state index is -3.37. The van der Waals surface area contributed by atoms with E-state index in [4.69, 9.17) is 25.4 Å². The number of benzene rings is 1. The normalized spacial score (nSPS) is 11.5. The molecule has 0 aliphatic rings. The van der Waals surface area contributed by atoms with Crippen molar-refractivity contribution in [2.45, 2.75) is 20.0 Å². The number of rotatable bonds is 8. The fourth-order valence-electron chi connectivity index (χ4n) is 1.87. The van der Waals surface area contributed by atoms with Crippen LogP contribution in [0.2, 0.25) is 5.02 Å². The molecule has 0 spiro atoms. The van der Waals surface area contributed by atoms with Gasteiger partial charge in [-0.15, -0.1) is 0 Å². The molecule has 0 atom stereocenters. The van der Waals surface area contributed by atoms with Gasteiger partial charge < -0.3 is 4.74 Å². The molecule has 0 aliphatic heterocycles. The summed E-state index contributed by atoms with van der Waals surface area (Å²) >= 11 is 5.89. The summed E-state index contributed by atoms with van der Waals surface area (Å²) in [6.07, 6.45) is -0.356. The van der Waals surface area contributed by atoms with Crippen LogP contribution in [0.25, 0.3) is 0 Å². The lowest BCUT2D eigenvalue weighted by atomic mass is 10.2. The largest absolute Gasteiger partial charge is 0.489 e. The second kappa shape index (κ2) is 7.99. The summed E-state index contributed by atoms with van der Waals surface area (Å²) < 4.78 is 29.5. The predicted molar refractivity (Wildman–Crippen MR) is 80.7 cm³/mol. The summed E-state index contributed by atoms with van der Waals surface area (Å²) in [5, 5.41) is 10.9. The van der Waals surface area contributed by atoms with Gasteiger partial charge in [0.2, 0.25) is 11.6 Å². The zero-order valence-corrected chi connectivity index (χ0v) is 14.0. The van der Waals surface area contributed by atoms with E-state index in [-0.39, 0.29) is 35.7 Å². The van der Waals surface area contributed by atoms with Crippen molar-refractivity contribution in [2.75, 3.05) is 20.3 Å². The summed E-state index contributed by atoms with van der Waals surface area (Å²) in [6, 6.07) is 1.16. The van der Waals surface area contributed by atoms with E-state index >= 15 is 0 Å². The Labute approximate surface area is 132 Å². The number of methoxy groups -OCH3 is 1. The summed E-state index contributed by atoms with van der Waals surface area (Å²) in [5.41, 5.74) is -1.06. The molecule has 0 amide bonds. The van der Waals surface area contributed by atoms with Crippen LogP contribution in [-0.2, 0) is 15.2 Å². The van der Waals surface area contributed by atoms with Crippen molar-refractivity contribution in [2.24, 2.45) is 0 Å². The summed E-state index contributed by atoms with van der Waals surface area (Å²) in [6.45, 7) is 3.59. The molecule has 22 heavy (non-hydrogen) atoms. The first-order chi connectivity index (χ1) is 10.3. The molecule has 1 rings (SSSR count). The molecule has 1 aromatic carbocycles. The van der Waals surface area contributed by atoms with Gasteiger partial charge in [-0.25, -0.2) is 0 Å². The Balaban J connectivity index is 3.33. The average molecular weight is 357 g/mol. The van der Waals surface area contributed by atoms with E-state index in [1.807, 2.05) is 0 Å². The van der Waals surface area contributed by atoms with Crippen molar-refractivity contribution in [3.05, 3.63) is 32.6 Å². The summed E-state index contributed by atoms with van der Waals surface area (Å²) in [4.78, 5) is 20.4. The fourth-order valence-corrected chi connectivity index (χ4v) is 3.89. The van der Waals surface area contributed by atoms with Crippen LogP contribution in [0.4, 0.5) is 10.1 Å². The highest BCUT2D eigenvalue weighted by Crippen LogP contribution is 2.60. The van der Waals surface area contributed by atoms with Crippen LogP contribution in [0, 0.1) is 15.9 Å². The van der Waals surface area contributed by atoms with Gasteiger partial charge in [0.25, 0.3) is 0 Å². The highest BCUT2D eigenvalue weighted by atomic mass is 35.5. The zero-order valence-electron chi connectivity index (χ0n) is 12.3. The van der Waals surface area contributed by atoms with Gasteiger partial charge in [0.15, 0.2) is 6.16 Å². The quantitative estimate of drug-likeness (QED) is 0.433. The maximum absolute atomic E-state index is 14.4. The summed E-state index contributed by atoms with van der Waals surface area (Å²) in [7, 11) is -2.22. The molecule has 0 aliphatic carbocycles. The lowest BCUT2D eigenvalue weighted by Crippen LogP contribution is -2.08. The molecule has 0 saturated carbocycles. The lowest BCUT2D eigenvalue weighted by molar-refractivity contribution is -0.388. The van der Waals surface area contributed by atoms with E-state index in [1.54, 1.807) is 13.8 Å². The van der Waals surface area contributed by atoms with E-state index < -0.39 is 24.4 Å². The van der Waals surface area contributed by atoms with Crippen LogP contribution in [0.15, 0.2) is 6.07 Å². The van der Waals surface area contributed by atoms with Crippen LogP contribution < -0.4 is 4.74 Å². The molecule has 0 aromatic heterocycles. The second-order valence-electron chi connectivity index (χ2n) is 4.10. The Morgan fingerprint density at radius 1 is 1.41 bits per heavy atom. The third-order valence-corrected chi connectivity index (χ3v) is 4.99. The fraction of sp³-hybridized carbons (Fsp3) is 0.500.